The molecule has 0 atom stereocenters. The molecule has 1 aliphatic rings. The van der Waals surface area contributed by atoms with Crippen molar-refractivity contribution < 1.29 is 23.5 Å². The quantitative estimate of drug-likeness (QED) is 0.293. The van der Waals surface area contributed by atoms with Crippen molar-refractivity contribution in [3.63, 3.8) is 0 Å². The summed E-state index contributed by atoms with van der Waals surface area (Å²) in [6, 6.07) is 18.5. The zero-order valence-corrected chi connectivity index (χ0v) is 22.9. The molecule has 1 fully saturated rings. The molecule has 0 bridgehead atoms. The molecule has 0 saturated carbocycles. The number of piperazine rings is 1. The van der Waals surface area contributed by atoms with Crippen LogP contribution >= 0.6 is 0 Å². The molecule has 0 radical (unpaired) electrons. The molecule has 3 amide bonds. The lowest BCUT2D eigenvalue weighted by molar-refractivity contribution is 0.0944. The first-order valence-electron chi connectivity index (χ1n) is 13.5. The summed E-state index contributed by atoms with van der Waals surface area (Å²) < 4.78 is 24.9. The maximum absolute atomic E-state index is 14.0. The Morgan fingerprint density at radius 2 is 1.60 bits per heavy atom. The number of nitrogens with one attached hydrogen (secondary N) is 3. The van der Waals surface area contributed by atoms with Gasteiger partial charge in [0.25, 0.3) is 5.91 Å². The first-order valence-corrected chi connectivity index (χ1v) is 13.5. The third-order valence-electron chi connectivity index (χ3n) is 6.62. The van der Waals surface area contributed by atoms with Crippen LogP contribution in [-0.2, 0) is 4.74 Å². The van der Waals surface area contributed by atoms with Crippen molar-refractivity contribution in [3.8, 4) is 5.75 Å². The van der Waals surface area contributed by atoms with Gasteiger partial charge in [-0.3, -0.25) is 4.79 Å². The highest BCUT2D eigenvalue weighted by Gasteiger charge is 2.24. The van der Waals surface area contributed by atoms with E-state index in [4.69, 9.17) is 9.47 Å². The first-order chi connectivity index (χ1) is 19.5. The van der Waals surface area contributed by atoms with Gasteiger partial charge in [-0.15, -0.1) is 0 Å². The number of carbonyl (C=O) groups excluding carboxylic acids is 2. The molecule has 40 heavy (non-hydrogen) atoms. The molecule has 1 heterocycles. The summed E-state index contributed by atoms with van der Waals surface area (Å²) in [7, 11) is 1.67. The minimum atomic E-state index is -0.605. The average Bonchev–Trinajstić information content (AvgIpc) is 2.98. The molecule has 3 aromatic rings. The van der Waals surface area contributed by atoms with Gasteiger partial charge in [-0.2, -0.15) is 0 Å². The number of halogens is 1. The second-order valence-electron chi connectivity index (χ2n) is 9.24. The van der Waals surface area contributed by atoms with Crippen LogP contribution in [0, 0.1) is 5.82 Å². The minimum absolute atomic E-state index is 0.0665. The fourth-order valence-corrected chi connectivity index (χ4v) is 4.61. The highest BCUT2D eigenvalue weighted by Crippen LogP contribution is 2.31. The van der Waals surface area contributed by atoms with Gasteiger partial charge in [-0.1, -0.05) is 24.3 Å². The highest BCUT2D eigenvalue weighted by atomic mass is 19.1. The van der Waals surface area contributed by atoms with E-state index in [2.05, 4.69) is 25.8 Å². The number of rotatable bonds is 11. The van der Waals surface area contributed by atoms with Crippen molar-refractivity contribution in [3.05, 3.63) is 78.1 Å². The van der Waals surface area contributed by atoms with E-state index in [-0.39, 0.29) is 11.6 Å². The van der Waals surface area contributed by atoms with E-state index in [1.165, 1.54) is 12.1 Å². The number of nitrogens with zero attached hydrogens (tertiary/aromatic N) is 2. The van der Waals surface area contributed by atoms with E-state index in [1.54, 1.807) is 31.4 Å². The van der Waals surface area contributed by atoms with Crippen LogP contribution in [0.15, 0.2) is 66.7 Å². The van der Waals surface area contributed by atoms with E-state index in [0.29, 0.717) is 50.5 Å². The van der Waals surface area contributed by atoms with E-state index < -0.39 is 11.8 Å². The summed E-state index contributed by atoms with van der Waals surface area (Å²) in [5.41, 5.74) is 2.76. The molecule has 0 unspecified atom stereocenters. The summed E-state index contributed by atoms with van der Waals surface area (Å²) in [6.45, 7) is 6.48. The largest absolute Gasteiger partial charge is 0.495 e. The van der Waals surface area contributed by atoms with E-state index in [0.717, 1.165) is 30.2 Å². The third kappa shape index (κ3) is 7.41. The normalized spacial score (nSPS) is 13.1. The van der Waals surface area contributed by atoms with Gasteiger partial charge in [-0.25, -0.2) is 9.18 Å². The molecule has 3 N–H and O–H groups in total. The van der Waals surface area contributed by atoms with Crippen molar-refractivity contribution in [1.82, 2.24) is 5.32 Å². The predicted octanol–water partition coefficient (Wildman–Crippen LogP) is 4.96. The molecule has 1 saturated heterocycles. The zero-order chi connectivity index (χ0) is 28.3. The smallest absolute Gasteiger partial charge is 0.323 e. The van der Waals surface area contributed by atoms with E-state index >= 15 is 0 Å². The Morgan fingerprint density at radius 3 is 2.33 bits per heavy atom. The highest BCUT2D eigenvalue weighted by molar-refractivity contribution is 6.04. The summed E-state index contributed by atoms with van der Waals surface area (Å²) >= 11 is 0. The Hall–Kier alpha value is -4.31. The number of methoxy groups -OCH3 is 1. The Morgan fingerprint density at radius 1 is 0.900 bits per heavy atom. The van der Waals surface area contributed by atoms with Crippen molar-refractivity contribution in [1.29, 1.82) is 0 Å². The Kier molecular flexibility index (Phi) is 10.2. The number of carbonyl (C=O) groups is 2. The molecule has 1 aliphatic heterocycles. The maximum Gasteiger partial charge on any atom is 0.323 e. The van der Waals surface area contributed by atoms with Crippen LogP contribution in [0.2, 0.25) is 0 Å². The number of hydrogen-bond donors (Lipinski definition) is 3. The molecule has 9 nitrogen and oxygen atoms in total. The molecular weight excluding hydrogens is 513 g/mol. The van der Waals surface area contributed by atoms with Gasteiger partial charge in [-0.05, 0) is 55.8 Å². The van der Waals surface area contributed by atoms with Crippen LogP contribution in [0.4, 0.5) is 31.9 Å². The molecule has 0 aromatic heterocycles. The van der Waals surface area contributed by atoms with Gasteiger partial charge in [0.1, 0.15) is 11.6 Å². The first kappa shape index (κ1) is 28.7. The summed E-state index contributed by atoms with van der Waals surface area (Å²) in [5.74, 6) is 0.0522. The number of ether oxygens (including phenoxy) is 2. The van der Waals surface area contributed by atoms with Crippen LogP contribution in [0.1, 0.15) is 23.7 Å². The number of amides is 3. The SMILES string of the molecule is CCOCCCNC(=O)c1cc(NC(=O)Nc2ccccc2F)ccc1N1CCN(c2ccccc2OC)CC1. The molecule has 0 aliphatic carbocycles. The lowest BCUT2D eigenvalue weighted by Gasteiger charge is -2.38. The Balaban J connectivity index is 1.49. The summed E-state index contributed by atoms with van der Waals surface area (Å²) in [5, 5.41) is 8.18. The van der Waals surface area contributed by atoms with E-state index in [1.807, 2.05) is 37.3 Å². The second-order valence-corrected chi connectivity index (χ2v) is 9.24. The number of para-hydroxylation sites is 3. The second kappa shape index (κ2) is 14.2. The van der Waals surface area contributed by atoms with E-state index in [9.17, 15) is 14.0 Å². The topological polar surface area (TPSA) is 95.2 Å². The Labute approximate surface area is 234 Å². The molecule has 10 heteroatoms. The van der Waals surface area contributed by atoms with Gasteiger partial charge in [0.2, 0.25) is 0 Å². The fourth-order valence-electron chi connectivity index (χ4n) is 4.61. The monoisotopic (exact) mass is 549 g/mol. The van der Waals surface area contributed by atoms with Gasteiger partial charge >= 0.3 is 6.03 Å². The molecule has 4 rings (SSSR count). The van der Waals surface area contributed by atoms with Gasteiger partial charge in [0.05, 0.1) is 24.0 Å². The number of benzene rings is 3. The molecule has 3 aromatic carbocycles. The summed E-state index contributed by atoms with van der Waals surface area (Å²) in [6.07, 6.45) is 0.690. The number of anilines is 4. The lowest BCUT2D eigenvalue weighted by Crippen LogP contribution is -2.47. The maximum atomic E-state index is 14.0. The van der Waals surface area contributed by atoms with Crippen LogP contribution < -0.4 is 30.5 Å². The molecular formula is C30H36FN5O4. The summed E-state index contributed by atoms with van der Waals surface area (Å²) in [4.78, 5) is 30.3. The molecule has 212 valence electrons. The van der Waals surface area contributed by atoms with Crippen LogP contribution in [0.3, 0.4) is 0 Å². The van der Waals surface area contributed by atoms with Crippen molar-refractivity contribution >= 4 is 34.7 Å². The Bertz CT molecular complexity index is 1300. The van der Waals surface area contributed by atoms with Crippen molar-refractivity contribution in [2.45, 2.75) is 13.3 Å². The van der Waals surface area contributed by atoms with Crippen LogP contribution in [0.25, 0.3) is 0 Å². The average molecular weight is 550 g/mol. The minimum Gasteiger partial charge on any atom is -0.495 e. The third-order valence-corrected chi connectivity index (χ3v) is 6.62. The van der Waals surface area contributed by atoms with Crippen LogP contribution in [0.5, 0.6) is 5.75 Å². The molecule has 0 spiro atoms. The lowest BCUT2D eigenvalue weighted by atomic mass is 10.1. The predicted molar refractivity (Wildman–Crippen MR) is 156 cm³/mol. The standard InChI is InChI=1S/C30H36FN5O4/c1-3-40-20-8-15-32-29(37)23-21-22(33-30(38)34-25-10-5-4-9-24(25)31)13-14-26(23)35-16-18-36(19-17-35)27-11-6-7-12-28(27)39-2/h4-7,9-14,21H,3,8,15-20H2,1-2H3,(H,32,37)(H2,33,34,38). The van der Waals surface area contributed by atoms with Crippen molar-refractivity contribution in [2.24, 2.45) is 0 Å². The number of urea groups is 1. The fraction of sp³-hybridized carbons (Fsp3) is 0.333. The van der Waals surface area contributed by atoms with Gasteiger partial charge in [0, 0.05) is 57.3 Å². The van der Waals surface area contributed by atoms with Gasteiger partial charge in [0.15, 0.2) is 0 Å². The van der Waals surface area contributed by atoms with Crippen LogP contribution in [-0.4, -0.2) is 65.0 Å². The van der Waals surface area contributed by atoms with Gasteiger partial charge < -0.3 is 35.2 Å². The zero-order valence-electron chi connectivity index (χ0n) is 22.9. The number of hydrogen-bond acceptors (Lipinski definition) is 6. The van der Waals surface area contributed by atoms with Crippen molar-refractivity contribution in [2.75, 3.05) is 73.5 Å².